The topological polar surface area (TPSA) is 84.1 Å². The highest BCUT2D eigenvalue weighted by Crippen LogP contribution is 2.24. The first kappa shape index (κ1) is 11.2. The Morgan fingerprint density at radius 1 is 1.56 bits per heavy atom. The van der Waals surface area contributed by atoms with E-state index >= 15 is 0 Å². The lowest BCUT2D eigenvalue weighted by Gasteiger charge is -1.99. The highest BCUT2D eigenvalue weighted by atomic mass is 32.1. The van der Waals surface area contributed by atoms with Crippen LogP contribution in [-0.4, -0.2) is 15.7 Å². The van der Waals surface area contributed by atoms with Gasteiger partial charge in [-0.3, -0.25) is 9.78 Å². The number of aromatic amines is 1. The van der Waals surface area contributed by atoms with Crippen LogP contribution in [0.15, 0.2) is 21.2 Å². The Morgan fingerprint density at radius 3 is 3.11 bits per heavy atom. The molecule has 0 unspecified atom stereocenters. The quantitative estimate of drug-likeness (QED) is 0.860. The zero-order valence-corrected chi connectivity index (χ0v) is 10.7. The lowest BCUT2D eigenvalue weighted by Crippen LogP contribution is -2.11. The molecule has 0 saturated heterocycles. The lowest BCUT2D eigenvalue weighted by molar-refractivity contribution is 1.07. The summed E-state index contributed by atoms with van der Waals surface area (Å²) in [7, 11) is 0. The highest BCUT2D eigenvalue weighted by Gasteiger charge is 2.20. The van der Waals surface area contributed by atoms with Gasteiger partial charge in [0.05, 0.1) is 5.69 Å². The van der Waals surface area contributed by atoms with Crippen LogP contribution in [0.2, 0.25) is 0 Å². The SMILES string of the molecule is Cc1ccsc1CC1=Nc2c(nc(N)[nH]c2=O)C1. The van der Waals surface area contributed by atoms with Crippen LogP contribution in [0.25, 0.3) is 0 Å². The summed E-state index contributed by atoms with van der Waals surface area (Å²) in [6.07, 6.45) is 1.39. The van der Waals surface area contributed by atoms with E-state index < -0.39 is 0 Å². The Bertz CT molecular complexity index is 698. The molecule has 0 aliphatic carbocycles. The van der Waals surface area contributed by atoms with Crippen molar-refractivity contribution < 1.29 is 0 Å². The molecule has 0 radical (unpaired) electrons. The third-order valence-electron chi connectivity index (χ3n) is 2.96. The number of hydrogen-bond acceptors (Lipinski definition) is 5. The van der Waals surface area contributed by atoms with Gasteiger partial charge in [0.25, 0.3) is 5.56 Å². The summed E-state index contributed by atoms with van der Waals surface area (Å²) in [6.45, 7) is 2.08. The number of nitrogens with one attached hydrogen (secondary N) is 1. The Morgan fingerprint density at radius 2 is 2.39 bits per heavy atom. The van der Waals surface area contributed by atoms with Crippen LogP contribution in [-0.2, 0) is 12.8 Å². The fourth-order valence-corrected chi connectivity index (χ4v) is 2.98. The maximum atomic E-state index is 11.7. The van der Waals surface area contributed by atoms with Gasteiger partial charge in [-0.05, 0) is 23.9 Å². The van der Waals surface area contributed by atoms with Gasteiger partial charge in [0.2, 0.25) is 5.95 Å². The normalized spacial score (nSPS) is 13.5. The van der Waals surface area contributed by atoms with E-state index in [9.17, 15) is 4.79 Å². The van der Waals surface area contributed by atoms with Crippen molar-refractivity contribution in [3.05, 3.63) is 37.9 Å². The van der Waals surface area contributed by atoms with Gasteiger partial charge in [0.1, 0.15) is 5.69 Å². The molecule has 92 valence electrons. The maximum Gasteiger partial charge on any atom is 0.278 e. The second-order valence-corrected chi connectivity index (χ2v) is 5.31. The van der Waals surface area contributed by atoms with E-state index in [1.165, 1.54) is 10.4 Å². The van der Waals surface area contributed by atoms with E-state index in [1.807, 2.05) is 0 Å². The fraction of sp³-hybridized carbons (Fsp3) is 0.250. The van der Waals surface area contributed by atoms with Crippen molar-refractivity contribution in [3.63, 3.8) is 0 Å². The summed E-state index contributed by atoms with van der Waals surface area (Å²) in [5, 5.41) is 2.07. The summed E-state index contributed by atoms with van der Waals surface area (Å²) in [4.78, 5) is 23.9. The van der Waals surface area contributed by atoms with Crippen molar-refractivity contribution in [2.45, 2.75) is 19.8 Å². The molecular formula is C12H12N4OS. The predicted molar refractivity (Wildman–Crippen MR) is 72.8 cm³/mol. The number of nitrogens with zero attached hydrogens (tertiary/aromatic N) is 2. The number of anilines is 1. The molecule has 2 aromatic heterocycles. The Hall–Kier alpha value is -1.95. The highest BCUT2D eigenvalue weighted by molar-refractivity contribution is 7.10. The Balaban J connectivity index is 1.92. The summed E-state index contributed by atoms with van der Waals surface area (Å²) >= 11 is 1.71. The summed E-state index contributed by atoms with van der Waals surface area (Å²) < 4.78 is 0. The van der Waals surface area contributed by atoms with Crippen molar-refractivity contribution in [2.75, 3.05) is 5.73 Å². The molecule has 0 aromatic carbocycles. The number of thiophene rings is 1. The van der Waals surface area contributed by atoms with Crippen molar-refractivity contribution in [2.24, 2.45) is 4.99 Å². The number of rotatable bonds is 2. The molecule has 2 aromatic rings. The molecule has 3 N–H and O–H groups in total. The van der Waals surface area contributed by atoms with Crippen LogP contribution in [0.3, 0.4) is 0 Å². The first-order chi connectivity index (χ1) is 8.63. The molecule has 0 fully saturated rings. The van der Waals surface area contributed by atoms with E-state index in [1.54, 1.807) is 11.3 Å². The van der Waals surface area contributed by atoms with E-state index in [0.29, 0.717) is 17.8 Å². The molecule has 3 rings (SSSR count). The molecular weight excluding hydrogens is 248 g/mol. The summed E-state index contributed by atoms with van der Waals surface area (Å²) in [6, 6.07) is 2.09. The maximum absolute atomic E-state index is 11.7. The third kappa shape index (κ3) is 1.84. The van der Waals surface area contributed by atoms with Crippen molar-refractivity contribution in [1.82, 2.24) is 9.97 Å². The largest absolute Gasteiger partial charge is 0.369 e. The van der Waals surface area contributed by atoms with Crippen LogP contribution in [0.5, 0.6) is 0 Å². The second kappa shape index (κ2) is 4.06. The van der Waals surface area contributed by atoms with E-state index in [2.05, 4.69) is 33.3 Å². The number of hydrogen-bond donors (Lipinski definition) is 2. The van der Waals surface area contributed by atoms with Gasteiger partial charge in [-0.25, -0.2) is 9.98 Å². The molecule has 1 aliphatic rings. The standard InChI is InChI=1S/C12H12N4OS/c1-6-2-3-18-9(6)5-7-4-8-10(14-7)11(17)16-12(13)15-8/h2-3H,4-5H2,1H3,(H3,13,15,16,17). The molecule has 0 spiro atoms. The molecule has 6 heteroatoms. The number of aliphatic imine (C=N–C) groups is 1. The van der Waals surface area contributed by atoms with Gasteiger partial charge in [0.15, 0.2) is 0 Å². The number of nitrogens with two attached hydrogens (primary N) is 1. The minimum Gasteiger partial charge on any atom is -0.369 e. The van der Waals surface area contributed by atoms with E-state index in [-0.39, 0.29) is 11.5 Å². The predicted octanol–water partition coefficient (Wildman–Crippen LogP) is 1.59. The van der Waals surface area contributed by atoms with E-state index in [4.69, 9.17) is 5.73 Å². The first-order valence-electron chi connectivity index (χ1n) is 5.61. The smallest absolute Gasteiger partial charge is 0.278 e. The minimum atomic E-state index is -0.254. The Labute approximate surface area is 107 Å². The molecule has 0 bridgehead atoms. The zero-order valence-electron chi connectivity index (χ0n) is 9.86. The number of aryl methyl sites for hydroxylation is 1. The minimum absolute atomic E-state index is 0.155. The molecule has 0 amide bonds. The molecule has 5 nitrogen and oxygen atoms in total. The van der Waals surface area contributed by atoms with Gasteiger partial charge in [-0.2, -0.15) is 0 Å². The van der Waals surface area contributed by atoms with Crippen molar-refractivity contribution in [1.29, 1.82) is 0 Å². The average molecular weight is 260 g/mol. The van der Waals surface area contributed by atoms with Crippen molar-refractivity contribution in [3.8, 4) is 0 Å². The number of aromatic nitrogens is 2. The van der Waals surface area contributed by atoms with Crippen LogP contribution >= 0.6 is 11.3 Å². The summed E-state index contributed by atoms with van der Waals surface area (Å²) in [5.74, 6) is 0.155. The fourth-order valence-electron chi connectivity index (χ4n) is 2.03. The van der Waals surface area contributed by atoms with Crippen LogP contribution in [0, 0.1) is 6.92 Å². The molecule has 0 saturated carbocycles. The van der Waals surface area contributed by atoms with Gasteiger partial charge >= 0.3 is 0 Å². The van der Waals surface area contributed by atoms with Gasteiger partial charge in [-0.15, -0.1) is 11.3 Å². The number of nitrogen functional groups attached to an aromatic ring is 1. The van der Waals surface area contributed by atoms with Gasteiger partial charge in [0, 0.05) is 23.4 Å². The van der Waals surface area contributed by atoms with Crippen LogP contribution < -0.4 is 11.3 Å². The van der Waals surface area contributed by atoms with Crippen LogP contribution in [0.1, 0.15) is 16.1 Å². The molecule has 1 aliphatic heterocycles. The number of H-pyrrole nitrogens is 1. The summed E-state index contributed by atoms with van der Waals surface area (Å²) in [5.41, 5.74) is 8.59. The number of fused-ring (bicyclic) bond motifs is 1. The second-order valence-electron chi connectivity index (χ2n) is 4.30. The van der Waals surface area contributed by atoms with Gasteiger partial charge in [-0.1, -0.05) is 0 Å². The first-order valence-corrected chi connectivity index (χ1v) is 6.49. The van der Waals surface area contributed by atoms with Gasteiger partial charge < -0.3 is 5.73 Å². The van der Waals surface area contributed by atoms with Crippen LogP contribution in [0.4, 0.5) is 11.6 Å². The zero-order chi connectivity index (χ0) is 12.7. The molecule has 0 atom stereocenters. The average Bonchev–Trinajstić information content (AvgIpc) is 2.86. The Kier molecular flexibility index (Phi) is 2.52. The van der Waals surface area contributed by atoms with E-state index in [0.717, 1.165) is 12.1 Å². The molecule has 18 heavy (non-hydrogen) atoms. The third-order valence-corrected chi connectivity index (χ3v) is 3.98. The molecule has 3 heterocycles. The monoisotopic (exact) mass is 260 g/mol. The lowest BCUT2D eigenvalue weighted by atomic mass is 10.1. The van der Waals surface area contributed by atoms with Crippen molar-refractivity contribution >= 4 is 28.7 Å².